The Hall–Kier alpha value is -2.22. The van der Waals surface area contributed by atoms with Crippen molar-refractivity contribution in [2.45, 2.75) is 25.7 Å². The van der Waals surface area contributed by atoms with Gasteiger partial charge in [-0.05, 0) is 31.4 Å². The Morgan fingerprint density at radius 2 is 1.57 bits per heavy atom. The summed E-state index contributed by atoms with van der Waals surface area (Å²) in [5.74, 6) is 0.159. The lowest BCUT2D eigenvalue weighted by Crippen LogP contribution is -2.27. The quantitative estimate of drug-likeness (QED) is 0.739. The number of para-hydroxylation sites is 1. The van der Waals surface area contributed by atoms with Gasteiger partial charge in [0.25, 0.3) is 0 Å². The molecule has 2 heteroatoms. The van der Waals surface area contributed by atoms with E-state index in [1.165, 1.54) is 0 Å². The van der Waals surface area contributed by atoms with E-state index < -0.39 is 0 Å². The molecule has 0 heterocycles. The first-order chi connectivity index (χ1) is 10.3. The van der Waals surface area contributed by atoms with Gasteiger partial charge in [-0.15, -0.1) is 0 Å². The molecule has 0 spiro atoms. The van der Waals surface area contributed by atoms with Crippen LogP contribution in [0, 0.1) is 5.92 Å². The zero-order chi connectivity index (χ0) is 14.5. The molecule has 1 atom stereocenters. The van der Waals surface area contributed by atoms with Crippen LogP contribution >= 0.6 is 0 Å². The predicted molar refractivity (Wildman–Crippen MR) is 86.3 cm³/mol. The van der Waals surface area contributed by atoms with Gasteiger partial charge in [0.05, 0.1) is 11.6 Å². The van der Waals surface area contributed by atoms with Gasteiger partial charge >= 0.3 is 0 Å². The van der Waals surface area contributed by atoms with E-state index in [4.69, 9.17) is 4.99 Å². The number of rotatable bonds is 3. The lowest BCUT2D eigenvalue weighted by molar-refractivity contribution is 0.0944. The highest BCUT2D eigenvalue weighted by Crippen LogP contribution is 2.27. The molecule has 2 nitrogen and oxygen atoms in total. The normalized spacial score (nSPS) is 20.4. The van der Waals surface area contributed by atoms with Crippen LogP contribution in [0.4, 0.5) is 5.69 Å². The highest BCUT2D eigenvalue weighted by molar-refractivity contribution is 6.13. The maximum absolute atomic E-state index is 12.7. The van der Waals surface area contributed by atoms with Crippen LogP contribution < -0.4 is 0 Å². The molecule has 1 fully saturated rings. The molecule has 0 radical (unpaired) electrons. The van der Waals surface area contributed by atoms with Crippen molar-refractivity contribution in [1.29, 1.82) is 0 Å². The maximum Gasteiger partial charge on any atom is 0.171 e. The zero-order valence-corrected chi connectivity index (χ0v) is 12.0. The number of carbonyl (C=O) groups is 1. The smallest absolute Gasteiger partial charge is 0.171 e. The molecule has 0 saturated heterocycles. The minimum absolute atomic E-state index is 0.0543. The molecule has 0 aliphatic heterocycles. The van der Waals surface area contributed by atoms with Gasteiger partial charge in [0.1, 0.15) is 0 Å². The number of carbonyl (C=O) groups excluding carboxylic acids is 1. The van der Waals surface area contributed by atoms with Crippen molar-refractivity contribution in [3.8, 4) is 0 Å². The van der Waals surface area contributed by atoms with E-state index in [2.05, 4.69) is 0 Å². The fourth-order valence-corrected chi connectivity index (χ4v) is 2.88. The third-order valence-corrected chi connectivity index (χ3v) is 3.98. The number of ketones is 1. The van der Waals surface area contributed by atoms with Crippen LogP contribution in [-0.2, 0) is 0 Å². The molecule has 1 unspecified atom stereocenters. The third-order valence-electron chi connectivity index (χ3n) is 3.98. The Kier molecular flexibility index (Phi) is 4.25. The summed E-state index contributed by atoms with van der Waals surface area (Å²) < 4.78 is 0. The van der Waals surface area contributed by atoms with E-state index in [1.54, 1.807) is 0 Å². The van der Waals surface area contributed by atoms with Gasteiger partial charge < -0.3 is 0 Å². The molecule has 1 saturated carbocycles. The standard InChI is InChI=1S/C19H19NO/c21-19(15-9-3-1-4-10-15)17-13-7-8-14-18(17)20-16-11-5-2-6-12-16/h1-6,9-12,17H,7-8,13-14H2. The van der Waals surface area contributed by atoms with Crippen molar-refractivity contribution < 1.29 is 4.79 Å². The minimum atomic E-state index is -0.0543. The summed E-state index contributed by atoms with van der Waals surface area (Å²) >= 11 is 0. The Morgan fingerprint density at radius 1 is 0.905 bits per heavy atom. The van der Waals surface area contributed by atoms with Crippen LogP contribution in [0.2, 0.25) is 0 Å². The number of nitrogens with zero attached hydrogens (tertiary/aromatic N) is 1. The number of hydrogen-bond acceptors (Lipinski definition) is 2. The van der Waals surface area contributed by atoms with Crippen molar-refractivity contribution in [3.05, 3.63) is 66.2 Å². The topological polar surface area (TPSA) is 29.4 Å². The SMILES string of the molecule is O=C(c1ccccc1)C1CCCCC1=Nc1ccccc1. The van der Waals surface area contributed by atoms with Gasteiger partial charge in [0.15, 0.2) is 5.78 Å². The van der Waals surface area contributed by atoms with E-state index in [-0.39, 0.29) is 11.7 Å². The van der Waals surface area contributed by atoms with Crippen LogP contribution in [0.15, 0.2) is 65.7 Å². The summed E-state index contributed by atoms with van der Waals surface area (Å²) in [7, 11) is 0. The van der Waals surface area contributed by atoms with Crippen molar-refractivity contribution in [3.63, 3.8) is 0 Å². The molecular formula is C19H19NO. The van der Waals surface area contributed by atoms with Gasteiger partial charge in [-0.3, -0.25) is 9.79 Å². The summed E-state index contributed by atoms with van der Waals surface area (Å²) in [5, 5.41) is 0. The largest absolute Gasteiger partial charge is 0.293 e. The molecule has 1 aliphatic carbocycles. The van der Waals surface area contributed by atoms with E-state index in [0.29, 0.717) is 0 Å². The molecule has 1 aliphatic rings. The fourth-order valence-electron chi connectivity index (χ4n) is 2.88. The van der Waals surface area contributed by atoms with Gasteiger partial charge in [-0.2, -0.15) is 0 Å². The van der Waals surface area contributed by atoms with E-state index in [1.807, 2.05) is 60.7 Å². The van der Waals surface area contributed by atoms with Crippen LogP contribution in [0.25, 0.3) is 0 Å². The third kappa shape index (κ3) is 3.27. The maximum atomic E-state index is 12.7. The second-order valence-corrected chi connectivity index (χ2v) is 5.47. The van der Waals surface area contributed by atoms with Gasteiger partial charge in [0, 0.05) is 11.3 Å². The molecule has 0 aromatic heterocycles. The Labute approximate surface area is 125 Å². The molecule has 0 amide bonds. The number of hydrogen-bond donors (Lipinski definition) is 0. The Bertz CT molecular complexity index is 631. The second-order valence-electron chi connectivity index (χ2n) is 5.47. The van der Waals surface area contributed by atoms with Crippen LogP contribution in [0.1, 0.15) is 36.0 Å². The first kappa shape index (κ1) is 13.7. The summed E-state index contributed by atoms with van der Waals surface area (Å²) in [6, 6.07) is 19.5. The lowest BCUT2D eigenvalue weighted by atomic mass is 9.82. The fraction of sp³-hybridized carbons (Fsp3) is 0.263. The Morgan fingerprint density at radius 3 is 2.29 bits per heavy atom. The first-order valence-corrected chi connectivity index (χ1v) is 7.56. The highest BCUT2D eigenvalue weighted by Gasteiger charge is 2.27. The summed E-state index contributed by atoms with van der Waals surface area (Å²) in [6.07, 6.45) is 4.08. The van der Waals surface area contributed by atoms with E-state index in [9.17, 15) is 4.79 Å². The van der Waals surface area contributed by atoms with E-state index >= 15 is 0 Å². The lowest BCUT2D eigenvalue weighted by Gasteiger charge is -2.23. The summed E-state index contributed by atoms with van der Waals surface area (Å²) in [4.78, 5) is 17.5. The molecular weight excluding hydrogens is 258 g/mol. The zero-order valence-electron chi connectivity index (χ0n) is 12.0. The minimum Gasteiger partial charge on any atom is -0.293 e. The molecule has 106 valence electrons. The highest BCUT2D eigenvalue weighted by atomic mass is 16.1. The van der Waals surface area contributed by atoms with Crippen LogP contribution in [-0.4, -0.2) is 11.5 Å². The first-order valence-electron chi connectivity index (χ1n) is 7.56. The van der Waals surface area contributed by atoms with Crippen molar-refractivity contribution >= 4 is 17.2 Å². The monoisotopic (exact) mass is 277 g/mol. The molecule has 0 bridgehead atoms. The molecule has 2 aromatic carbocycles. The number of benzene rings is 2. The predicted octanol–water partition coefficient (Wildman–Crippen LogP) is 4.83. The van der Waals surface area contributed by atoms with Crippen LogP contribution in [0.3, 0.4) is 0 Å². The number of aliphatic imine (C=N–C) groups is 1. The van der Waals surface area contributed by atoms with Crippen molar-refractivity contribution in [2.75, 3.05) is 0 Å². The van der Waals surface area contributed by atoms with Gasteiger partial charge in [0.2, 0.25) is 0 Å². The average molecular weight is 277 g/mol. The van der Waals surface area contributed by atoms with Crippen molar-refractivity contribution in [1.82, 2.24) is 0 Å². The van der Waals surface area contributed by atoms with E-state index in [0.717, 1.165) is 42.6 Å². The second kappa shape index (κ2) is 6.49. The molecule has 0 N–H and O–H groups in total. The summed E-state index contributed by atoms with van der Waals surface area (Å²) in [5.41, 5.74) is 2.78. The van der Waals surface area contributed by atoms with Gasteiger partial charge in [-0.25, -0.2) is 0 Å². The summed E-state index contributed by atoms with van der Waals surface area (Å²) in [6.45, 7) is 0. The number of Topliss-reactive ketones (excluding diaryl/α,β-unsaturated/α-hetero) is 1. The molecule has 3 rings (SSSR count). The molecule has 2 aromatic rings. The van der Waals surface area contributed by atoms with Crippen molar-refractivity contribution in [2.24, 2.45) is 10.9 Å². The Balaban J connectivity index is 1.88. The van der Waals surface area contributed by atoms with Gasteiger partial charge in [-0.1, -0.05) is 55.0 Å². The molecule has 21 heavy (non-hydrogen) atoms. The van der Waals surface area contributed by atoms with Crippen LogP contribution in [0.5, 0.6) is 0 Å². The average Bonchev–Trinajstić information content (AvgIpc) is 2.56.